The van der Waals surface area contributed by atoms with E-state index in [2.05, 4.69) is 37.6 Å². The molecule has 0 aromatic heterocycles. The van der Waals surface area contributed by atoms with Gasteiger partial charge in [-0.3, -0.25) is 0 Å². The van der Waals surface area contributed by atoms with E-state index in [0.717, 1.165) is 18.7 Å². The molecule has 0 spiro atoms. The lowest BCUT2D eigenvalue weighted by Crippen LogP contribution is -2.32. The zero-order valence-electron chi connectivity index (χ0n) is 11.2. The third-order valence-corrected chi connectivity index (χ3v) is 3.83. The van der Waals surface area contributed by atoms with Crippen molar-refractivity contribution < 1.29 is 4.74 Å². The molecule has 3 heteroatoms. The number of hydrogen-bond donors (Lipinski definition) is 1. The van der Waals surface area contributed by atoms with Gasteiger partial charge in [0.05, 0.1) is 7.11 Å². The zero-order valence-corrected chi connectivity index (χ0v) is 12.0. The van der Waals surface area contributed by atoms with E-state index in [1.807, 2.05) is 23.9 Å². The highest BCUT2D eigenvalue weighted by atomic mass is 32.2. The summed E-state index contributed by atoms with van der Waals surface area (Å²) in [5.74, 6) is 0.922. The molecule has 0 bridgehead atoms. The van der Waals surface area contributed by atoms with Crippen LogP contribution in [0.25, 0.3) is 0 Å². The van der Waals surface area contributed by atoms with Crippen molar-refractivity contribution in [3.8, 4) is 5.75 Å². The molecule has 0 aliphatic rings. The van der Waals surface area contributed by atoms with Gasteiger partial charge in [-0.25, -0.2) is 0 Å². The molecule has 2 unspecified atom stereocenters. The number of thioether (sulfide) groups is 1. The van der Waals surface area contributed by atoms with Crippen LogP contribution in [-0.2, 0) is 6.42 Å². The molecule has 96 valence electrons. The highest BCUT2D eigenvalue weighted by Gasteiger charge is 2.05. The number of rotatable bonds is 7. The molecule has 1 N–H and O–H groups in total. The third-order valence-electron chi connectivity index (χ3n) is 2.86. The van der Waals surface area contributed by atoms with E-state index in [1.165, 1.54) is 5.56 Å². The first-order valence-corrected chi connectivity index (χ1v) is 7.33. The van der Waals surface area contributed by atoms with Gasteiger partial charge in [-0.05, 0) is 37.3 Å². The highest BCUT2D eigenvalue weighted by Crippen LogP contribution is 2.12. The first kappa shape index (κ1) is 14.4. The van der Waals surface area contributed by atoms with E-state index in [1.54, 1.807) is 7.11 Å². The lowest BCUT2D eigenvalue weighted by atomic mass is 10.1. The second-order valence-electron chi connectivity index (χ2n) is 4.41. The second kappa shape index (κ2) is 7.62. The molecule has 0 radical (unpaired) electrons. The van der Waals surface area contributed by atoms with Gasteiger partial charge in [-0.2, -0.15) is 11.8 Å². The summed E-state index contributed by atoms with van der Waals surface area (Å²) < 4.78 is 5.15. The van der Waals surface area contributed by atoms with Crippen LogP contribution in [0.2, 0.25) is 0 Å². The van der Waals surface area contributed by atoms with Crippen LogP contribution in [0.3, 0.4) is 0 Å². The summed E-state index contributed by atoms with van der Waals surface area (Å²) in [6.45, 7) is 5.55. The van der Waals surface area contributed by atoms with Crippen molar-refractivity contribution in [2.75, 3.05) is 19.9 Å². The zero-order chi connectivity index (χ0) is 12.7. The minimum atomic E-state index is 0.512. The van der Waals surface area contributed by atoms with Gasteiger partial charge in [0.15, 0.2) is 0 Å². The number of nitrogens with one attached hydrogen (secondary N) is 1. The Morgan fingerprint density at radius 2 is 1.88 bits per heavy atom. The third kappa shape index (κ3) is 5.46. The minimum absolute atomic E-state index is 0.512. The summed E-state index contributed by atoms with van der Waals surface area (Å²) in [7, 11) is 1.70. The van der Waals surface area contributed by atoms with E-state index in [9.17, 15) is 0 Å². The summed E-state index contributed by atoms with van der Waals surface area (Å²) in [5, 5.41) is 4.23. The molecule has 1 aromatic rings. The first-order valence-electron chi connectivity index (χ1n) is 6.04. The van der Waals surface area contributed by atoms with Gasteiger partial charge in [-0.1, -0.05) is 19.1 Å². The molecule has 0 amide bonds. The van der Waals surface area contributed by atoms with E-state index in [-0.39, 0.29) is 0 Å². The predicted octanol–water partition coefficient (Wildman–Crippen LogP) is 2.97. The van der Waals surface area contributed by atoms with E-state index < -0.39 is 0 Å². The molecule has 1 aromatic carbocycles. The molecule has 0 saturated carbocycles. The Labute approximate surface area is 109 Å². The van der Waals surface area contributed by atoms with Crippen molar-refractivity contribution in [2.24, 2.45) is 0 Å². The molecule has 0 fully saturated rings. The molecule has 1 rings (SSSR count). The quantitative estimate of drug-likeness (QED) is 0.807. The topological polar surface area (TPSA) is 21.3 Å². The molecule has 0 heterocycles. The smallest absolute Gasteiger partial charge is 0.118 e. The molecule has 0 aliphatic heterocycles. The van der Waals surface area contributed by atoms with Crippen molar-refractivity contribution in [2.45, 2.75) is 31.6 Å². The molecular weight excluding hydrogens is 230 g/mol. The number of benzene rings is 1. The van der Waals surface area contributed by atoms with Crippen LogP contribution in [0, 0.1) is 0 Å². The molecule has 0 saturated heterocycles. The van der Waals surface area contributed by atoms with Crippen molar-refractivity contribution in [1.29, 1.82) is 0 Å². The predicted molar refractivity (Wildman–Crippen MR) is 77.1 cm³/mol. The first-order chi connectivity index (χ1) is 8.15. The van der Waals surface area contributed by atoms with Gasteiger partial charge in [0.1, 0.15) is 5.75 Å². The number of hydrogen-bond acceptors (Lipinski definition) is 3. The summed E-state index contributed by atoms with van der Waals surface area (Å²) in [5.41, 5.74) is 1.35. The fourth-order valence-corrected chi connectivity index (χ4v) is 1.90. The van der Waals surface area contributed by atoms with E-state index in [0.29, 0.717) is 11.3 Å². The van der Waals surface area contributed by atoms with Crippen LogP contribution in [0.5, 0.6) is 5.75 Å². The number of methoxy groups -OCH3 is 1. The number of ether oxygens (including phenoxy) is 1. The summed E-state index contributed by atoms with van der Waals surface area (Å²) in [6.07, 6.45) is 3.21. The van der Waals surface area contributed by atoms with Crippen molar-refractivity contribution >= 4 is 11.8 Å². The molecular formula is C14H23NOS. The van der Waals surface area contributed by atoms with Crippen LogP contribution in [0.1, 0.15) is 19.4 Å². The Hall–Kier alpha value is -0.670. The lowest BCUT2D eigenvalue weighted by Gasteiger charge is -2.16. The Morgan fingerprint density at radius 1 is 1.24 bits per heavy atom. The largest absolute Gasteiger partial charge is 0.497 e. The van der Waals surface area contributed by atoms with Gasteiger partial charge in [0.25, 0.3) is 0 Å². The minimum Gasteiger partial charge on any atom is -0.497 e. The van der Waals surface area contributed by atoms with E-state index >= 15 is 0 Å². The monoisotopic (exact) mass is 253 g/mol. The van der Waals surface area contributed by atoms with Crippen molar-refractivity contribution in [3.05, 3.63) is 29.8 Å². The second-order valence-corrected chi connectivity index (χ2v) is 5.68. The highest BCUT2D eigenvalue weighted by molar-refractivity contribution is 7.99. The van der Waals surface area contributed by atoms with Gasteiger partial charge >= 0.3 is 0 Å². The van der Waals surface area contributed by atoms with Gasteiger partial charge < -0.3 is 10.1 Å². The van der Waals surface area contributed by atoms with Crippen molar-refractivity contribution in [3.63, 3.8) is 0 Å². The molecule has 0 aliphatic carbocycles. The average Bonchev–Trinajstić information content (AvgIpc) is 2.36. The fourth-order valence-electron chi connectivity index (χ4n) is 1.64. The molecule has 2 atom stereocenters. The Balaban J connectivity index is 2.36. The summed E-state index contributed by atoms with van der Waals surface area (Å²) >= 11 is 1.90. The standard InChI is InChI=1S/C14H23NOS/c1-11(15-10-12(2)17-4)9-13-5-7-14(16-3)8-6-13/h5-8,11-12,15H,9-10H2,1-4H3. The van der Waals surface area contributed by atoms with Gasteiger partial charge in [0, 0.05) is 17.8 Å². The normalized spacial score (nSPS) is 14.4. The van der Waals surface area contributed by atoms with Crippen LogP contribution >= 0.6 is 11.8 Å². The Morgan fingerprint density at radius 3 is 2.41 bits per heavy atom. The maximum absolute atomic E-state index is 5.15. The Bertz CT molecular complexity index is 313. The van der Waals surface area contributed by atoms with Crippen LogP contribution in [-0.4, -0.2) is 31.2 Å². The maximum Gasteiger partial charge on any atom is 0.118 e. The van der Waals surface area contributed by atoms with Gasteiger partial charge in [-0.15, -0.1) is 0 Å². The van der Waals surface area contributed by atoms with Crippen molar-refractivity contribution in [1.82, 2.24) is 5.32 Å². The lowest BCUT2D eigenvalue weighted by molar-refractivity contribution is 0.414. The van der Waals surface area contributed by atoms with E-state index in [4.69, 9.17) is 4.74 Å². The molecule has 17 heavy (non-hydrogen) atoms. The van der Waals surface area contributed by atoms with Gasteiger partial charge in [0.2, 0.25) is 0 Å². The van der Waals surface area contributed by atoms with Crippen LogP contribution in [0.15, 0.2) is 24.3 Å². The fraction of sp³-hybridized carbons (Fsp3) is 0.571. The Kier molecular flexibility index (Phi) is 6.45. The maximum atomic E-state index is 5.15. The van der Waals surface area contributed by atoms with Crippen LogP contribution < -0.4 is 10.1 Å². The molecule has 2 nitrogen and oxygen atoms in total. The van der Waals surface area contributed by atoms with Crippen LogP contribution in [0.4, 0.5) is 0 Å². The summed E-state index contributed by atoms with van der Waals surface area (Å²) in [4.78, 5) is 0. The summed E-state index contributed by atoms with van der Waals surface area (Å²) in [6, 6.07) is 8.82. The average molecular weight is 253 g/mol. The SMILES string of the molecule is COc1ccc(CC(C)NCC(C)SC)cc1.